The van der Waals surface area contributed by atoms with Crippen LogP contribution in [-0.4, -0.2) is 44.1 Å². The Morgan fingerprint density at radius 1 is 1.21 bits per heavy atom. The maximum Gasteiger partial charge on any atom is 0.573 e. The van der Waals surface area contributed by atoms with Gasteiger partial charge < -0.3 is 15.2 Å². The number of amides is 1. The summed E-state index contributed by atoms with van der Waals surface area (Å²) in [7, 11) is 0. The van der Waals surface area contributed by atoms with Gasteiger partial charge in [-0.25, -0.2) is 4.68 Å². The largest absolute Gasteiger partial charge is 0.573 e. The van der Waals surface area contributed by atoms with Gasteiger partial charge in [-0.2, -0.15) is 0 Å². The number of alkyl halides is 3. The first kappa shape index (κ1) is 25.0. The molecule has 0 bridgehead atoms. The monoisotopic (exact) mass is 496 g/mol. The summed E-state index contributed by atoms with van der Waals surface area (Å²) in [5.74, 6) is -1.46. The van der Waals surface area contributed by atoms with Crippen molar-refractivity contribution >= 4 is 34.5 Å². The van der Waals surface area contributed by atoms with Crippen molar-refractivity contribution in [1.29, 1.82) is 0 Å². The standard InChI is InChI=1S/C21H19F3N4O5S/c1-12(13-2-4-14(5-3-13)33-21(22,23)24)25-18(29)11-28-20(32)16-7-6-15(10-17(16)26-27-28)34-9-8-19(30)31/h2-7,10,12H,8-9,11H2,1H3,(H,25,29)(H,30,31)/t12-/m0/s1. The van der Waals surface area contributed by atoms with E-state index in [9.17, 15) is 27.6 Å². The van der Waals surface area contributed by atoms with E-state index < -0.39 is 36.4 Å². The molecule has 3 aromatic rings. The first-order valence-electron chi connectivity index (χ1n) is 9.89. The van der Waals surface area contributed by atoms with Crippen LogP contribution in [0.4, 0.5) is 13.2 Å². The molecule has 0 aliphatic carbocycles. The third-order valence-corrected chi connectivity index (χ3v) is 5.56. The molecule has 2 aromatic carbocycles. The van der Waals surface area contributed by atoms with E-state index in [0.29, 0.717) is 16.8 Å². The van der Waals surface area contributed by atoms with Gasteiger partial charge in [0, 0.05) is 10.6 Å². The van der Waals surface area contributed by atoms with Gasteiger partial charge in [-0.3, -0.25) is 14.4 Å². The highest BCUT2D eigenvalue weighted by Gasteiger charge is 2.31. The quantitative estimate of drug-likeness (QED) is 0.433. The Balaban J connectivity index is 1.64. The molecular weight excluding hydrogens is 477 g/mol. The van der Waals surface area contributed by atoms with Crippen LogP contribution in [0, 0.1) is 0 Å². The molecule has 0 spiro atoms. The van der Waals surface area contributed by atoms with E-state index in [0.717, 1.165) is 21.7 Å². The lowest BCUT2D eigenvalue weighted by molar-refractivity contribution is -0.274. The number of aromatic nitrogens is 3. The summed E-state index contributed by atoms with van der Waals surface area (Å²) < 4.78 is 41.5. The number of halogens is 3. The van der Waals surface area contributed by atoms with E-state index in [4.69, 9.17) is 5.11 Å². The minimum Gasteiger partial charge on any atom is -0.481 e. The van der Waals surface area contributed by atoms with E-state index in [1.165, 1.54) is 30.0 Å². The molecule has 0 fully saturated rings. The number of nitrogens with one attached hydrogen (secondary N) is 1. The van der Waals surface area contributed by atoms with Crippen molar-refractivity contribution in [2.24, 2.45) is 0 Å². The molecule has 0 aliphatic rings. The number of fused-ring (bicyclic) bond motifs is 1. The van der Waals surface area contributed by atoms with Gasteiger partial charge in [0.05, 0.1) is 17.8 Å². The smallest absolute Gasteiger partial charge is 0.481 e. The number of carboxylic acids is 1. The average Bonchev–Trinajstić information content (AvgIpc) is 2.75. The summed E-state index contributed by atoms with van der Waals surface area (Å²) in [5.41, 5.74) is 0.327. The number of ether oxygens (including phenoxy) is 1. The number of thioether (sulfide) groups is 1. The van der Waals surface area contributed by atoms with E-state index in [1.54, 1.807) is 19.1 Å². The highest BCUT2D eigenvalue weighted by molar-refractivity contribution is 7.99. The molecule has 1 heterocycles. The fraction of sp³-hybridized carbons (Fsp3) is 0.286. The van der Waals surface area contributed by atoms with Gasteiger partial charge in [0.1, 0.15) is 17.8 Å². The van der Waals surface area contributed by atoms with Crippen molar-refractivity contribution in [1.82, 2.24) is 20.3 Å². The molecule has 1 aromatic heterocycles. The first-order valence-corrected chi connectivity index (χ1v) is 10.9. The Labute approximate surface area is 194 Å². The third-order valence-electron chi connectivity index (χ3n) is 4.56. The maximum atomic E-state index is 12.7. The molecule has 3 rings (SSSR count). The highest BCUT2D eigenvalue weighted by atomic mass is 32.2. The molecule has 0 radical (unpaired) electrons. The lowest BCUT2D eigenvalue weighted by Gasteiger charge is -2.15. The second-order valence-corrected chi connectivity index (χ2v) is 8.30. The molecule has 1 atom stereocenters. The zero-order valence-corrected chi connectivity index (χ0v) is 18.5. The topological polar surface area (TPSA) is 123 Å². The molecule has 180 valence electrons. The van der Waals surface area contributed by atoms with Gasteiger partial charge in [-0.05, 0) is 42.8 Å². The fourth-order valence-corrected chi connectivity index (χ4v) is 3.84. The zero-order chi connectivity index (χ0) is 24.9. The molecular formula is C21H19F3N4O5S. The molecule has 0 saturated carbocycles. The van der Waals surface area contributed by atoms with Crippen LogP contribution < -0.4 is 15.6 Å². The number of nitrogens with zero attached hydrogens (tertiary/aromatic N) is 3. The van der Waals surface area contributed by atoms with Crippen LogP contribution in [0.5, 0.6) is 5.75 Å². The van der Waals surface area contributed by atoms with Crippen LogP contribution >= 0.6 is 11.8 Å². The Morgan fingerprint density at radius 2 is 1.91 bits per heavy atom. The number of rotatable bonds is 9. The maximum absolute atomic E-state index is 12.7. The third kappa shape index (κ3) is 6.94. The fourth-order valence-electron chi connectivity index (χ4n) is 2.97. The van der Waals surface area contributed by atoms with E-state index in [2.05, 4.69) is 20.4 Å². The summed E-state index contributed by atoms with van der Waals surface area (Å²) in [6, 6.07) is 9.32. The number of carboxylic acid groups (broad SMARTS) is 1. The molecule has 2 N–H and O–H groups in total. The van der Waals surface area contributed by atoms with Crippen molar-refractivity contribution in [3.63, 3.8) is 0 Å². The van der Waals surface area contributed by atoms with Gasteiger partial charge in [0.15, 0.2) is 0 Å². The Morgan fingerprint density at radius 3 is 2.56 bits per heavy atom. The van der Waals surface area contributed by atoms with Crippen molar-refractivity contribution in [2.45, 2.75) is 37.2 Å². The number of benzene rings is 2. The van der Waals surface area contributed by atoms with Gasteiger partial charge in [0.2, 0.25) is 5.91 Å². The van der Waals surface area contributed by atoms with Gasteiger partial charge >= 0.3 is 12.3 Å². The summed E-state index contributed by atoms with van der Waals surface area (Å²) in [6.07, 6.45) is -4.80. The van der Waals surface area contributed by atoms with Crippen LogP contribution in [0.1, 0.15) is 24.9 Å². The Hall–Kier alpha value is -3.61. The van der Waals surface area contributed by atoms with Crippen LogP contribution in [0.15, 0.2) is 52.2 Å². The van der Waals surface area contributed by atoms with Crippen LogP contribution in [0.25, 0.3) is 10.9 Å². The lowest BCUT2D eigenvalue weighted by Crippen LogP contribution is -2.35. The van der Waals surface area contributed by atoms with Crippen LogP contribution in [0.2, 0.25) is 0 Å². The minimum atomic E-state index is -4.80. The van der Waals surface area contributed by atoms with Crippen molar-refractivity contribution in [3.8, 4) is 5.75 Å². The number of hydrogen-bond donors (Lipinski definition) is 2. The van der Waals surface area contributed by atoms with Crippen molar-refractivity contribution in [2.75, 3.05) is 5.75 Å². The predicted molar refractivity (Wildman–Crippen MR) is 116 cm³/mol. The summed E-state index contributed by atoms with van der Waals surface area (Å²) in [4.78, 5) is 36.4. The first-order chi connectivity index (χ1) is 16.0. The van der Waals surface area contributed by atoms with Gasteiger partial charge in [0.25, 0.3) is 5.56 Å². The van der Waals surface area contributed by atoms with E-state index >= 15 is 0 Å². The number of aliphatic carboxylic acids is 1. The normalized spacial score (nSPS) is 12.4. The Kier molecular flexibility index (Phi) is 7.76. The molecule has 34 heavy (non-hydrogen) atoms. The number of carbonyl (C=O) groups excluding carboxylic acids is 1. The number of hydrogen-bond acceptors (Lipinski definition) is 7. The molecule has 0 aliphatic heterocycles. The molecule has 13 heteroatoms. The number of carbonyl (C=O) groups is 2. The van der Waals surface area contributed by atoms with E-state index in [1.807, 2.05) is 0 Å². The van der Waals surface area contributed by atoms with E-state index in [-0.39, 0.29) is 17.6 Å². The molecule has 0 unspecified atom stereocenters. The summed E-state index contributed by atoms with van der Waals surface area (Å²) >= 11 is 1.31. The van der Waals surface area contributed by atoms with Crippen molar-refractivity contribution < 1.29 is 32.6 Å². The SMILES string of the molecule is C[C@H](NC(=O)Cn1nnc2cc(SCCC(=O)O)ccc2c1=O)c1ccc(OC(F)(F)F)cc1. The molecule has 0 saturated heterocycles. The summed E-state index contributed by atoms with van der Waals surface area (Å²) in [5, 5.41) is 19.4. The van der Waals surface area contributed by atoms with Crippen LogP contribution in [0.3, 0.4) is 0 Å². The van der Waals surface area contributed by atoms with Crippen molar-refractivity contribution in [3.05, 3.63) is 58.4 Å². The zero-order valence-electron chi connectivity index (χ0n) is 17.7. The molecule has 9 nitrogen and oxygen atoms in total. The highest BCUT2D eigenvalue weighted by Crippen LogP contribution is 2.24. The van der Waals surface area contributed by atoms with Gasteiger partial charge in [-0.15, -0.1) is 30.0 Å². The summed E-state index contributed by atoms with van der Waals surface area (Å²) in [6.45, 7) is 1.23. The van der Waals surface area contributed by atoms with Gasteiger partial charge in [-0.1, -0.05) is 17.3 Å². The minimum absolute atomic E-state index is 0.00497. The predicted octanol–water partition coefficient (Wildman–Crippen LogP) is 3.13. The molecule has 1 amide bonds. The second-order valence-electron chi connectivity index (χ2n) is 7.13. The second kappa shape index (κ2) is 10.5. The lowest BCUT2D eigenvalue weighted by atomic mass is 10.1. The average molecular weight is 496 g/mol. The van der Waals surface area contributed by atoms with Crippen LogP contribution in [-0.2, 0) is 16.1 Å². The Bertz CT molecular complexity index is 1250.